The third-order valence-electron chi connectivity index (χ3n) is 4.17. The van der Waals surface area contributed by atoms with Crippen LogP contribution in [0.4, 0.5) is 13.2 Å². The number of carbonyl (C=O) groups excluding carboxylic acids is 1. The van der Waals surface area contributed by atoms with E-state index in [4.69, 9.17) is 4.74 Å². The monoisotopic (exact) mass is 349 g/mol. The molecule has 0 saturated carbocycles. The number of amides is 1. The lowest BCUT2D eigenvalue weighted by atomic mass is 10.0. The first kappa shape index (κ1) is 17.5. The van der Waals surface area contributed by atoms with Gasteiger partial charge in [0.1, 0.15) is 0 Å². The van der Waals surface area contributed by atoms with Gasteiger partial charge in [0.2, 0.25) is 0 Å². The first-order valence-electron chi connectivity index (χ1n) is 7.96. The van der Waals surface area contributed by atoms with Crippen LogP contribution in [0.1, 0.15) is 11.1 Å². The van der Waals surface area contributed by atoms with Gasteiger partial charge in [-0.3, -0.25) is 4.79 Å². The van der Waals surface area contributed by atoms with Crippen LogP contribution in [0, 0.1) is 6.92 Å². The molecule has 2 aromatic rings. The highest BCUT2D eigenvalue weighted by Gasteiger charge is 2.46. The molecule has 3 rings (SSSR count). The molecule has 25 heavy (non-hydrogen) atoms. The molecule has 1 saturated heterocycles. The molecule has 1 heterocycles. The maximum atomic E-state index is 12.3. The predicted octanol–water partition coefficient (Wildman–Crippen LogP) is 3.95. The minimum Gasteiger partial charge on any atom is -0.370 e. The lowest BCUT2D eigenvalue weighted by Crippen LogP contribution is -2.58. The fourth-order valence-corrected chi connectivity index (χ4v) is 2.72. The Bertz CT molecular complexity index is 750. The number of aryl methyl sites for hydroxylation is 1. The normalized spacial score (nSPS) is 15.1. The molecule has 0 aromatic heterocycles. The fourth-order valence-electron chi connectivity index (χ4n) is 2.72. The van der Waals surface area contributed by atoms with E-state index in [0.717, 1.165) is 21.6 Å². The summed E-state index contributed by atoms with van der Waals surface area (Å²) in [6.07, 6.45) is -5.15. The van der Waals surface area contributed by atoms with E-state index in [0.29, 0.717) is 6.61 Å². The zero-order chi connectivity index (χ0) is 18.0. The molecule has 1 fully saturated rings. The van der Waals surface area contributed by atoms with Crippen LogP contribution in [0.15, 0.2) is 48.5 Å². The first-order valence-corrected chi connectivity index (χ1v) is 7.96. The minimum absolute atomic E-state index is 0.0142. The van der Waals surface area contributed by atoms with Crippen LogP contribution in [0.5, 0.6) is 0 Å². The number of likely N-dealkylation sites (tertiary alicyclic amines) is 1. The van der Waals surface area contributed by atoms with Gasteiger partial charge in [-0.25, -0.2) is 0 Å². The van der Waals surface area contributed by atoms with E-state index in [9.17, 15) is 18.0 Å². The maximum Gasteiger partial charge on any atom is 0.471 e. The summed E-state index contributed by atoms with van der Waals surface area (Å²) >= 11 is 0. The molecule has 0 spiro atoms. The number of rotatable bonds is 4. The number of hydrogen-bond acceptors (Lipinski definition) is 2. The summed E-state index contributed by atoms with van der Waals surface area (Å²) in [5.74, 6) is -1.80. The average Bonchev–Trinajstić information content (AvgIpc) is 2.53. The van der Waals surface area contributed by atoms with Crippen molar-refractivity contribution < 1.29 is 22.7 Å². The Morgan fingerprint density at radius 3 is 2.40 bits per heavy atom. The van der Waals surface area contributed by atoms with Gasteiger partial charge in [0, 0.05) is 13.1 Å². The van der Waals surface area contributed by atoms with Crippen molar-refractivity contribution in [3.8, 4) is 11.1 Å². The van der Waals surface area contributed by atoms with Gasteiger partial charge in [0.15, 0.2) is 0 Å². The molecular formula is C19H18F3NO2. The van der Waals surface area contributed by atoms with Crippen LogP contribution in [0.2, 0.25) is 0 Å². The molecule has 0 N–H and O–H groups in total. The smallest absolute Gasteiger partial charge is 0.370 e. The fraction of sp³-hybridized carbons (Fsp3) is 0.316. The second-order valence-electron chi connectivity index (χ2n) is 6.21. The second kappa shape index (κ2) is 6.88. The highest BCUT2D eigenvalue weighted by Crippen LogP contribution is 2.24. The molecule has 0 aliphatic carbocycles. The van der Waals surface area contributed by atoms with Crippen LogP contribution in [-0.2, 0) is 16.1 Å². The van der Waals surface area contributed by atoms with Crippen molar-refractivity contribution in [3.63, 3.8) is 0 Å². The van der Waals surface area contributed by atoms with Crippen molar-refractivity contribution in [3.05, 3.63) is 59.7 Å². The highest BCUT2D eigenvalue weighted by molar-refractivity contribution is 5.82. The molecule has 2 aromatic carbocycles. The van der Waals surface area contributed by atoms with Crippen molar-refractivity contribution in [1.29, 1.82) is 0 Å². The number of halogens is 3. The van der Waals surface area contributed by atoms with Crippen LogP contribution in [-0.4, -0.2) is 36.2 Å². The molecule has 0 atom stereocenters. The molecule has 1 amide bonds. The number of alkyl halides is 3. The van der Waals surface area contributed by atoms with Crippen molar-refractivity contribution >= 4 is 5.91 Å². The van der Waals surface area contributed by atoms with Crippen molar-refractivity contribution in [2.75, 3.05) is 13.1 Å². The summed E-state index contributed by atoms with van der Waals surface area (Å²) in [6.45, 7) is 2.32. The number of nitrogens with zero attached hydrogens (tertiary/aromatic N) is 1. The van der Waals surface area contributed by atoms with E-state index in [1.165, 1.54) is 5.56 Å². The maximum absolute atomic E-state index is 12.3. The number of carbonyl (C=O) groups is 1. The summed E-state index contributed by atoms with van der Waals surface area (Å²) in [5, 5.41) is 0. The highest BCUT2D eigenvalue weighted by atomic mass is 19.4. The van der Waals surface area contributed by atoms with Crippen LogP contribution in [0.3, 0.4) is 0 Å². The first-order chi connectivity index (χ1) is 11.8. The Morgan fingerprint density at radius 2 is 1.80 bits per heavy atom. The predicted molar refractivity (Wildman–Crippen MR) is 87.8 cm³/mol. The number of hydrogen-bond donors (Lipinski definition) is 0. The van der Waals surface area contributed by atoms with Gasteiger partial charge in [-0.05, 0) is 23.6 Å². The zero-order valence-corrected chi connectivity index (χ0v) is 13.7. The van der Waals surface area contributed by atoms with Crippen LogP contribution in [0.25, 0.3) is 11.1 Å². The molecule has 1 aliphatic rings. The van der Waals surface area contributed by atoms with E-state index in [1.807, 2.05) is 49.4 Å². The average molecular weight is 349 g/mol. The molecule has 0 unspecified atom stereocenters. The SMILES string of the molecule is Cc1cccc(-c2ccc(COC3CN(C(=O)C(F)(F)F)C3)cc2)c1. The number of benzene rings is 2. The van der Waals surface area contributed by atoms with Gasteiger partial charge < -0.3 is 9.64 Å². The Kier molecular flexibility index (Phi) is 4.81. The summed E-state index contributed by atoms with van der Waals surface area (Å²) in [6, 6.07) is 16.1. The molecule has 6 heteroatoms. The van der Waals surface area contributed by atoms with Gasteiger partial charge in [-0.2, -0.15) is 13.2 Å². The van der Waals surface area contributed by atoms with E-state index >= 15 is 0 Å². The Balaban J connectivity index is 1.50. The lowest BCUT2D eigenvalue weighted by molar-refractivity contribution is -0.196. The molecule has 0 bridgehead atoms. The van der Waals surface area contributed by atoms with Crippen molar-refractivity contribution in [2.24, 2.45) is 0 Å². The molecular weight excluding hydrogens is 331 g/mol. The van der Waals surface area contributed by atoms with Gasteiger partial charge in [0.25, 0.3) is 0 Å². The van der Waals surface area contributed by atoms with Crippen LogP contribution >= 0.6 is 0 Å². The molecule has 1 aliphatic heterocycles. The van der Waals surface area contributed by atoms with Gasteiger partial charge in [-0.1, -0.05) is 54.1 Å². The van der Waals surface area contributed by atoms with Crippen LogP contribution < -0.4 is 0 Å². The summed E-state index contributed by atoms with van der Waals surface area (Å²) in [7, 11) is 0. The standard InChI is InChI=1S/C19H18F3NO2/c1-13-3-2-4-16(9-13)15-7-5-14(6-8-15)12-25-17-10-23(11-17)18(24)19(20,21)22/h2-9,17H,10-12H2,1H3. The van der Waals surface area contributed by atoms with E-state index < -0.39 is 12.1 Å². The Hall–Kier alpha value is -2.34. The van der Waals surface area contributed by atoms with Crippen molar-refractivity contribution in [2.45, 2.75) is 25.8 Å². The largest absolute Gasteiger partial charge is 0.471 e. The van der Waals surface area contributed by atoms with E-state index in [1.54, 1.807) is 0 Å². The quantitative estimate of drug-likeness (QED) is 0.836. The summed E-state index contributed by atoms with van der Waals surface area (Å²) in [4.78, 5) is 11.8. The molecule has 3 nitrogen and oxygen atoms in total. The second-order valence-corrected chi connectivity index (χ2v) is 6.21. The summed E-state index contributed by atoms with van der Waals surface area (Å²) in [5.41, 5.74) is 4.36. The lowest BCUT2D eigenvalue weighted by Gasteiger charge is -2.39. The van der Waals surface area contributed by atoms with Crippen molar-refractivity contribution in [1.82, 2.24) is 4.90 Å². The number of ether oxygens (including phenoxy) is 1. The topological polar surface area (TPSA) is 29.5 Å². The zero-order valence-electron chi connectivity index (χ0n) is 13.7. The third kappa shape index (κ3) is 4.20. The third-order valence-corrected chi connectivity index (χ3v) is 4.17. The minimum atomic E-state index is -4.81. The summed E-state index contributed by atoms with van der Waals surface area (Å²) < 4.78 is 42.4. The molecule has 132 valence electrons. The Labute approximate surface area is 144 Å². The van der Waals surface area contributed by atoms with Gasteiger partial charge >= 0.3 is 12.1 Å². The van der Waals surface area contributed by atoms with Gasteiger partial charge in [0.05, 0.1) is 12.7 Å². The molecule has 0 radical (unpaired) electrons. The van der Waals surface area contributed by atoms with E-state index in [2.05, 4.69) is 6.07 Å². The Morgan fingerprint density at radius 1 is 1.12 bits per heavy atom. The van der Waals surface area contributed by atoms with Gasteiger partial charge in [-0.15, -0.1) is 0 Å². The van der Waals surface area contributed by atoms with E-state index in [-0.39, 0.29) is 19.2 Å².